The maximum absolute atomic E-state index is 14.3. The molecule has 42 heavy (non-hydrogen) atoms. The summed E-state index contributed by atoms with van der Waals surface area (Å²) >= 11 is 0. The van der Waals surface area contributed by atoms with E-state index < -0.39 is 5.60 Å². The van der Waals surface area contributed by atoms with Crippen molar-refractivity contribution >= 4 is 16.8 Å². The minimum absolute atomic E-state index is 0.106. The molecule has 1 aliphatic heterocycles. The van der Waals surface area contributed by atoms with Gasteiger partial charge in [0.15, 0.2) is 5.60 Å². The van der Waals surface area contributed by atoms with Crippen LogP contribution >= 0.6 is 0 Å². The summed E-state index contributed by atoms with van der Waals surface area (Å²) in [5.74, 6) is 2.30. The van der Waals surface area contributed by atoms with Crippen molar-refractivity contribution in [3.05, 3.63) is 119 Å². The summed E-state index contributed by atoms with van der Waals surface area (Å²) in [7, 11) is 3.37. The number of allylic oxidation sites excluding steroid dienone is 3. The first-order valence-electron chi connectivity index (χ1n) is 14.9. The van der Waals surface area contributed by atoms with E-state index in [1.807, 2.05) is 24.3 Å². The highest BCUT2D eigenvalue weighted by molar-refractivity contribution is 6.09. The van der Waals surface area contributed by atoms with Crippen molar-refractivity contribution < 1.29 is 18.6 Å². The van der Waals surface area contributed by atoms with Crippen molar-refractivity contribution in [3.63, 3.8) is 0 Å². The molecular weight excluding hydrogens is 523 g/mol. The van der Waals surface area contributed by atoms with Crippen LogP contribution in [0.5, 0.6) is 17.2 Å². The van der Waals surface area contributed by atoms with Gasteiger partial charge in [-0.25, -0.2) is 4.39 Å². The van der Waals surface area contributed by atoms with Gasteiger partial charge >= 0.3 is 0 Å². The van der Waals surface area contributed by atoms with Crippen LogP contribution in [0.2, 0.25) is 0 Å². The molecule has 4 heteroatoms. The van der Waals surface area contributed by atoms with Gasteiger partial charge in [-0.3, -0.25) is 0 Å². The molecular formula is C38H35FO3. The summed E-state index contributed by atoms with van der Waals surface area (Å²) in [6.45, 7) is 4.59. The molecule has 0 saturated heterocycles. The van der Waals surface area contributed by atoms with Crippen molar-refractivity contribution in [3.8, 4) is 28.4 Å². The Bertz CT molecular complexity index is 1810. The number of hydrogen-bond acceptors (Lipinski definition) is 3. The summed E-state index contributed by atoms with van der Waals surface area (Å²) in [5, 5.41) is 2.17. The highest BCUT2D eigenvalue weighted by atomic mass is 19.1. The lowest BCUT2D eigenvalue weighted by Gasteiger charge is -2.41. The lowest BCUT2D eigenvalue weighted by Crippen LogP contribution is -2.36. The van der Waals surface area contributed by atoms with Gasteiger partial charge in [-0.15, -0.1) is 0 Å². The Kier molecular flexibility index (Phi) is 6.27. The Morgan fingerprint density at radius 3 is 2.26 bits per heavy atom. The first-order valence-corrected chi connectivity index (χ1v) is 14.9. The molecule has 7 rings (SSSR count). The Morgan fingerprint density at radius 1 is 0.833 bits per heavy atom. The second-order valence-electron chi connectivity index (χ2n) is 11.4. The summed E-state index contributed by atoms with van der Waals surface area (Å²) < 4.78 is 32.8. The van der Waals surface area contributed by atoms with Crippen molar-refractivity contribution in [1.29, 1.82) is 0 Å². The second-order valence-corrected chi connectivity index (χ2v) is 11.4. The Morgan fingerprint density at radius 2 is 1.57 bits per heavy atom. The van der Waals surface area contributed by atoms with E-state index in [4.69, 9.17) is 14.2 Å². The van der Waals surface area contributed by atoms with Crippen LogP contribution in [0.25, 0.3) is 28.0 Å². The maximum Gasteiger partial charge on any atom is 0.174 e. The topological polar surface area (TPSA) is 27.7 Å². The van der Waals surface area contributed by atoms with Crippen LogP contribution in [0.1, 0.15) is 61.8 Å². The average Bonchev–Trinajstić information content (AvgIpc) is 3.35. The Balaban J connectivity index is 1.57. The van der Waals surface area contributed by atoms with Crippen LogP contribution in [0, 0.1) is 0 Å². The van der Waals surface area contributed by atoms with Gasteiger partial charge < -0.3 is 14.2 Å². The molecule has 4 aromatic rings. The fourth-order valence-corrected chi connectivity index (χ4v) is 7.54. The average molecular weight is 559 g/mol. The molecule has 0 spiro atoms. The predicted molar refractivity (Wildman–Crippen MR) is 168 cm³/mol. The number of methoxy groups -OCH3 is 2. The van der Waals surface area contributed by atoms with E-state index in [0.717, 1.165) is 57.6 Å². The van der Waals surface area contributed by atoms with E-state index in [0.29, 0.717) is 12.8 Å². The van der Waals surface area contributed by atoms with Crippen LogP contribution in [0.4, 0.5) is 4.39 Å². The first-order chi connectivity index (χ1) is 20.5. The van der Waals surface area contributed by atoms with E-state index in [1.165, 1.54) is 22.3 Å². The molecule has 4 aromatic carbocycles. The SMILES string of the molecule is CCC1(CC)c2ccccc2-c2c1c1c(c3cc(OC)ccc23)OC(C2=CC=C(F)CC2)(c2ccc(OC)cc2)C=C1. The number of halogens is 1. The summed E-state index contributed by atoms with van der Waals surface area (Å²) in [6.07, 6.45) is 10.8. The van der Waals surface area contributed by atoms with Gasteiger partial charge in [0.1, 0.15) is 23.1 Å². The lowest BCUT2D eigenvalue weighted by atomic mass is 9.71. The third-order valence-corrected chi connectivity index (χ3v) is 9.74. The van der Waals surface area contributed by atoms with Gasteiger partial charge in [0.2, 0.25) is 0 Å². The Labute approximate surface area is 246 Å². The normalized spacial score (nSPS) is 19.7. The first kappa shape index (κ1) is 26.6. The monoisotopic (exact) mass is 558 g/mol. The zero-order valence-electron chi connectivity index (χ0n) is 24.6. The molecule has 0 aromatic heterocycles. The molecule has 3 aliphatic rings. The Hall–Kier alpha value is -4.31. The van der Waals surface area contributed by atoms with E-state index >= 15 is 0 Å². The number of hydrogen-bond donors (Lipinski definition) is 0. The summed E-state index contributed by atoms with van der Waals surface area (Å²) in [4.78, 5) is 0. The third kappa shape index (κ3) is 3.64. The zero-order chi connectivity index (χ0) is 29.1. The standard InChI is InChI=1S/C38H35FO3/c1-5-37(6-2)33-10-8-7-9-30(33)34-29-20-19-28(41-4)23-32(29)36-31(35(34)37)21-22-38(42-36,24-11-15-26(39)16-12-24)25-13-17-27(40-3)18-14-25/h7-11,13-15,17-23H,5-6,12,16H2,1-4H3. The molecule has 1 atom stereocenters. The number of rotatable bonds is 6. The fourth-order valence-electron chi connectivity index (χ4n) is 7.54. The van der Waals surface area contributed by atoms with Crippen LogP contribution in [-0.4, -0.2) is 14.2 Å². The highest BCUT2D eigenvalue weighted by Gasteiger charge is 2.47. The van der Waals surface area contributed by atoms with Crippen LogP contribution < -0.4 is 14.2 Å². The number of benzene rings is 4. The molecule has 0 radical (unpaired) electrons. The minimum Gasteiger partial charge on any atom is -0.497 e. The molecule has 0 fully saturated rings. The van der Waals surface area contributed by atoms with Gasteiger partial charge in [-0.1, -0.05) is 62.4 Å². The van der Waals surface area contributed by atoms with Gasteiger partial charge in [0.25, 0.3) is 0 Å². The van der Waals surface area contributed by atoms with Crippen LogP contribution in [0.15, 0.2) is 96.4 Å². The maximum atomic E-state index is 14.3. The fraction of sp³-hybridized carbons (Fsp3) is 0.263. The molecule has 212 valence electrons. The zero-order valence-corrected chi connectivity index (χ0v) is 24.6. The van der Waals surface area contributed by atoms with Crippen molar-refractivity contribution in [2.45, 2.75) is 50.5 Å². The molecule has 0 amide bonds. The minimum atomic E-state index is -0.896. The molecule has 1 heterocycles. The van der Waals surface area contributed by atoms with Gasteiger partial charge in [-0.2, -0.15) is 0 Å². The quantitative estimate of drug-likeness (QED) is 0.236. The van der Waals surface area contributed by atoms with Gasteiger partial charge in [0, 0.05) is 28.3 Å². The van der Waals surface area contributed by atoms with Crippen molar-refractivity contribution in [1.82, 2.24) is 0 Å². The van der Waals surface area contributed by atoms with E-state index in [2.05, 4.69) is 74.5 Å². The molecule has 0 saturated carbocycles. The number of ether oxygens (including phenoxy) is 3. The van der Waals surface area contributed by atoms with E-state index in [1.54, 1.807) is 20.3 Å². The molecule has 0 bridgehead atoms. The van der Waals surface area contributed by atoms with Gasteiger partial charge in [-0.05, 0) is 95.0 Å². The lowest BCUT2D eigenvalue weighted by molar-refractivity contribution is 0.153. The molecule has 0 N–H and O–H groups in total. The van der Waals surface area contributed by atoms with Crippen molar-refractivity contribution in [2.24, 2.45) is 0 Å². The highest BCUT2D eigenvalue weighted by Crippen LogP contribution is 2.60. The number of fused-ring (bicyclic) bond motifs is 8. The molecule has 3 nitrogen and oxygen atoms in total. The second kappa shape index (κ2) is 9.90. The van der Waals surface area contributed by atoms with Crippen LogP contribution in [-0.2, 0) is 11.0 Å². The largest absolute Gasteiger partial charge is 0.497 e. The van der Waals surface area contributed by atoms with E-state index in [9.17, 15) is 4.39 Å². The predicted octanol–water partition coefficient (Wildman–Crippen LogP) is 9.82. The summed E-state index contributed by atoms with van der Waals surface area (Å²) in [5.41, 5.74) is 7.39. The molecule has 2 aliphatic carbocycles. The van der Waals surface area contributed by atoms with E-state index in [-0.39, 0.29) is 11.2 Å². The third-order valence-electron chi connectivity index (χ3n) is 9.74. The van der Waals surface area contributed by atoms with Gasteiger partial charge in [0.05, 0.1) is 14.2 Å². The summed E-state index contributed by atoms with van der Waals surface area (Å²) in [6, 6.07) is 23.2. The van der Waals surface area contributed by atoms with Crippen molar-refractivity contribution in [2.75, 3.05) is 14.2 Å². The smallest absolute Gasteiger partial charge is 0.174 e. The van der Waals surface area contributed by atoms with Crippen LogP contribution in [0.3, 0.4) is 0 Å². The molecule has 1 unspecified atom stereocenters.